The first-order valence-corrected chi connectivity index (χ1v) is 3.94. The molecule has 1 fully saturated rings. The molecule has 0 bridgehead atoms. The Morgan fingerprint density at radius 1 is 1.64 bits per heavy atom. The number of carbonyl (C=O) groups is 2. The van der Waals surface area contributed by atoms with Gasteiger partial charge in [-0.2, -0.15) is 11.8 Å². The van der Waals surface area contributed by atoms with Crippen LogP contribution >= 0.6 is 11.8 Å². The van der Waals surface area contributed by atoms with E-state index in [0.29, 0.717) is 5.75 Å². The monoisotopic (exact) mass is 426 g/mol. The third kappa shape index (κ3) is 1.97. The van der Waals surface area contributed by atoms with Gasteiger partial charge in [0.25, 0.3) is 0 Å². The fourth-order valence-electron chi connectivity index (χ4n) is 0.724. The fraction of sp³-hybridized carbons (Fsp3) is 0.500. The first-order chi connectivity index (χ1) is 4.74. The maximum Gasteiger partial charge on any atom is 0.327 e. The molecule has 1 saturated heterocycles. The average Bonchev–Trinajstić information content (AvgIpc) is 2.13. The number of hydrogen-bond donors (Lipinski definition) is 0. The molecule has 0 aliphatic carbocycles. The number of thioether (sulfide) groups is 1. The molecule has 5 heteroatoms. The van der Waals surface area contributed by atoms with Crippen LogP contribution in [0.2, 0.25) is 0 Å². The average molecular weight is 426 g/mol. The van der Waals surface area contributed by atoms with Crippen molar-refractivity contribution in [2.75, 3.05) is 5.75 Å². The molecule has 0 aromatic carbocycles. The minimum atomic E-state index is -0.420. The molecule has 0 N–H and O–H groups in total. The van der Waals surface area contributed by atoms with Gasteiger partial charge in [0.15, 0.2) is 0 Å². The summed E-state index contributed by atoms with van der Waals surface area (Å²) in [4.78, 5) is 21.1. The number of hydrogen-bond acceptors (Lipinski definition) is 4. The Bertz CT molecular complexity index is 171. The van der Waals surface area contributed by atoms with Crippen LogP contribution in [0.1, 0.15) is 6.42 Å². The molecule has 0 amide bonds. The van der Waals surface area contributed by atoms with Gasteiger partial charge in [-0.3, -0.25) is 9.59 Å². The Balaban J connectivity index is 0.000001000. The van der Waals surface area contributed by atoms with E-state index in [1.165, 1.54) is 11.8 Å². The summed E-state index contributed by atoms with van der Waals surface area (Å²) in [7, 11) is 0. The van der Waals surface area contributed by atoms with Crippen molar-refractivity contribution in [2.24, 2.45) is 0 Å². The summed E-state index contributed by atoms with van der Waals surface area (Å²) in [5, 5.41) is -0.301. The molecule has 1 aliphatic rings. The molecule has 0 saturated carbocycles. The molecule has 1 heterocycles. The minimum Gasteiger partial charge on any atom is -0.392 e. The summed E-state index contributed by atoms with van der Waals surface area (Å²) >= 11 is 1.34. The number of rotatable bonds is 2. The van der Waals surface area contributed by atoms with Crippen molar-refractivity contribution < 1.29 is 14.3 Å². The topological polar surface area (TPSA) is 43.4 Å². The van der Waals surface area contributed by atoms with E-state index < -0.39 is 11.9 Å². The van der Waals surface area contributed by atoms with Crippen LogP contribution in [0.3, 0.4) is 0 Å². The first-order valence-electron chi connectivity index (χ1n) is 2.89. The van der Waals surface area contributed by atoms with Crippen LogP contribution in [0.4, 0.5) is 0 Å². The van der Waals surface area contributed by atoms with Gasteiger partial charge < -0.3 is 11.7 Å². The van der Waals surface area contributed by atoms with E-state index in [1.807, 2.05) is 0 Å². The predicted molar refractivity (Wildman–Crippen MR) is 37.3 cm³/mol. The van der Waals surface area contributed by atoms with Crippen molar-refractivity contribution in [1.29, 1.82) is 0 Å². The second kappa shape index (κ2) is 3.61. The minimum absolute atomic E-state index is 0. The van der Waals surface area contributed by atoms with Crippen LogP contribution in [-0.2, 0) is 14.3 Å². The van der Waals surface area contributed by atoms with Crippen molar-refractivity contribution >= 4 is 23.7 Å². The second-order valence-corrected chi connectivity index (χ2v) is 3.17. The summed E-state index contributed by atoms with van der Waals surface area (Å²) in [6.07, 6.45) is 0.207. The maximum atomic E-state index is 10.7. The van der Waals surface area contributed by atoms with Gasteiger partial charge in [0.05, 0.1) is 6.42 Å². The molecule has 11 heavy (non-hydrogen) atoms. The largest absolute Gasteiger partial charge is 0.392 e. The molecule has 0 aromatic heterocycles. The van der Waals surface area contributed by atoms with Gasteiger partial charge in [0, 0.05) is 0 Å². The first kappa shape index (κ1) is 9.49. The smallest absolute Gasteiger partial charge is 0.327 e. The van der Waals surface area contributed by atoms with Crippen molar-refractivity contribution in [3.63, 3.8) is 0 Å². The molecular formula is C6H7O3RfS-. The van der Waals surface area contributed by atoms with Gasteiger partial charge in [0.2, 0.25) is 0 Å². The van der Waals surface area contributed by atoms with E-state index in [2.05, 4.69) is 11.7 Å². The summed E-state index contributed by atoms with van der Waals surface area (Å²) in [5.41, 5.74) is 0. The van der Waals surface area contributed by atoms with Crippen LogP contribution in [-0.4, -0.2) is 22.9 Å². The molecule has 1 rings (SSSR count). The Morgan fingerprint density at radius 2 is 2.27 bits per heavy atom. The van der Waals surface area contributed by atoms with Crippen molar-refractivity contribution in [3.05, 3.63) is 6.92 Å². The molecule has 0 spiro atoms. The normalized spacial score (nSPS) is 22.8. The Labute approximate surface area is 63.1 Å². The number of carbonyl (C=O) groups excluding carboxylic acids is 2. The van der Waals surface area contributed by atoms with Crippen molar-refractivity contribution in [3.8, 4) is 0 Å². The van der Waals surface area contributed by atoms with Gasteiger partial charge in [-0.15, -0.1) is 5.75 Å². The van der Waals surface area contributed by atoms with Crippen LogP contribution in [0, 0.1) is 6.92 Å². The zero-order valence-electron chi connectivity index (χ0n) is 6.04. The molecule has 0 radical (unpaired) electrons. The zero-order chi connectivity index (χ0) is 7.56. The third-order valence-corrected chi connectivity index (χ3v) is 2.15. The molecule has 1 atom stereocenters. The van der Waals surface area contributed by atoms with E-state index in [-0.39, 0.29) is 11.7 Å². The van der Waals surface area contributed by atoms with Crippen molar-refractivity contribution in [2.45, 2.75) is 11.7 Å². The Morgan fingerprint density at radius 3 is 2.64 bits per heavy atom. The van der Waals surface area contributed by atoms with Crippen LogP contribution in [0.5, 0.6) is 0 Å². The SMILES string of the molecule is [CH2-]CSC1CC(=O)OC1=O.[Rf]. The Kier molecular flexibility index (Phi) is 3.11. The molecule has 1 unspecified atom stereocenters. The fourth-order valence-corrected chi connectivity index (χ4v) is 1.45. The van der Waals surface area contributed by atoms with Gasteiger partial charge in [0.1, 0.15) is 5.25 Å². The van der Waals surface area contributed by atoms with E-state index in [1.54, 1.807) is 0 Å². The summed E-state index contributed by atoms with van der Waals surface area (Å²) in [6, 6.07) is 0. The van der Waals surface area contributed by atoms with E-state index in [0.717, 1.165) is 0 Å². The summed E-state index contributed by atoms with van der Waals surface area (Å²) in [5.74, 6) is -0.248. The number of cyclic esters (lactones) is 2. The van der Waals surface area contributed by atoms with Gasteiger partial charge >= 0.3 is 11.9 Å². The van der Waals surface area contributed by atoms with E-state index in [9.17, 15) is 9.59 Å². The number of ether oxygens (including phenoxy) is 1. The molecule has 3 nitrogen and oxygen atoms in total. The Hall–Kier alpha value is -1.51. The van der Waals surface area contributed by atoms with Gasteiger partial charge in [-0.05, 0) is 0 Å². The van der Waals surface area contributed by atoms with Gasteiger partial charge in [-0.25, -0.2) is 0 Å². The van der Waals surface area contributed by atoms with Gasteiger partial charge in [-0.1, -0.05) is 0 Å². The predicted octanol–water partition coefficient (Wildman–Crippen LogP) is 0.396. The quantitative estimate of drug-likeness (QED) is 0.365. The van der Waals surface area contributed by atoms with Crippen LogP contribution in [0.25, 0.3) is 0 Å². The van der Waals surface area contributed by atoms with Crippen LogP contribution in [0.15, 0.2) is 0 Å². The summed E-state index contributed by atoms with van der Waals surface area (Å²) < 4.78 is 4.30. The van der Waals surface area contributed by atoms with Crippen molar-refractivity contribution in [1.82, 2.24) is 0 Å². The van der Waals surface area contributed by atoms with E-state index >= 15 is 0 Å². The summed E-state index contributed by atoms with van der Waals surface area (Å²) in [6.45, 7) is 3.55. The second-order valence-electron chi connectivity index (χ2n) is 1.86. The van der Waals surface area contributed by atoms with Crippen LogP contribution < -0.4 is 0 Å². The molecule has 1 aliphatic heterocycles. The third-order valence-electron chi connectivity index (χ3n) is 1.15. The van der Waals surface area contributed by atoms with E-state index in [4.69, 9.17) is 0 Å². The molecule has 0 aromatic rings. The standard InChI is InChI=1S/C6H7O3S.Rf/c1-2-10-4-3-5(7)9-6(4)8;/h4H,1-3H2;/q-1;. The molecule has 58 valence electrons. The maximum absolute atomic E-state index is 10.7. The zero-order valence-corrected chi connectivity index (χ0v) is 13.3. The molecular weight excluding hydrogens is 419 g/mol. The number of esters is 2.